The Morgan fingerprint density at radius 2 is 0.814 bits per heavy atom. The van der Waals surface area contributed by atoms with Crippen molar-refractivity contribution in [2.45, 2.75) is 93.9 Å². The fourth-order valence-corrected chi connectivity index (χ4v) is 10.2. The maximum absolute atomic E-state index is 2.60. The lowest BCUT2D eigenvalue weighted by molar-refractivity contribution is 0.569. The van der Waals surface area contributed by atoms with Crippen molar-refractivity contribution in [1.82, 2.24) is 0 Å². The van der Waals surface area contributed by atoms with Gasteiger partial charge in [-0.05, 0) is 173 Å². The van der Waals surface area contributed by atoms with E-state index in [1.165, 1.54) is 112 Å². The van der Waals surface area contributed by atoms with Gasteiger partial charge in [0.05, 0.1) is 0 Å². The summed E-state index contributed by atoms with van der Waals surface area (Å²) in [6, 6.07) is 49.2. The monoisotopic (exact) mass is 768 g/mol. The van der Waals surface area contributed by atoms with Crippen LogP contribution in [0.15, 0.2) is 127 Å². The summed E-state index contributed by atoms with van der Waals surface area (Å²) in [6.07, 6.45) is 0. The van der Waals surface area contributed by atoms with E-state index >= 15 is 0 Å². The molecule has 0 fully saturated rings. The highest BCUT2D eigenvalue weighted by Crippen LogP contribution is 2.47. The van der Waals surface area contributed by atoms with Gasteiger partial charge in [0.1, 0.15) is 0 Å². The molecule has 0 bridgehead atoms. The van der Waals surface area contributed by atoms with Crippen LogP contribution in [-0.4, -0.2) is 6.71 Å². The van der Waals surface area contributed by atoms with Crippen molar-refractivity contribution in [2.24, 2.45) is 0 Å². The molecule has 7 aromatic carbocycles. The molecule has 7 aromatic rings. The molecule has 59 heavy (non-hydrogen) atoms. The van der Waals surface area contributed by atoms with Gasteiger partial charge >= 0.3 is 0 Å². The molecule has 0 radical (unpaired) electrons. The van der Waals surface area contributed by atoms with Crippen molar-refractivity contribution < 1.29 is 0 Å². The van der Waals surface area contributed by atoms with Gasteiger partial charge < -0.3 is 9.80 Å². The standard InChI is InChI=1S/C56H57BN2/c1-34-25-36(3)52(37(4)26-34)40-21-23-46-50(29-40)58(44-17-14-13-15-18-44)48-19-16-20-49-54(48)57(46)47-24-22-41(53-38(5)27-35(2)28-39(53)6)30-51(47)59(49)45-32-42(55(7,8)9)31-43(33-45)56(10,11)12/h13-33H,1-12H3. The Morgan fingerprint density at radius 1 is 0.390 bits per heavy atom. The largest absolute Gasteiger partial charge is 0.311 e. The Hall–Kier alpha value is -5.80. The molecule has 0 unspecified atom stereocenters. The molecule has 2 aliphatic heterocycles. The minimum atomic E-state index is -0.0276. The molecule has 0 aromatic heterocycles. The van der Waals surface area contributed by atoms with Crippen LogP contribution in [0.25, 0.3) is 22.3 Å². The number of hydrogen-bond acceptors (Lipinski definition) is 2. The molecule has 2 heterocycles. The van der Waals surface area contributed by atoms with Crippen molar-refractivity contribution in [1.29, 1.82) is 0 Å². The number of anilines is 6. The topological polar surface area (TPSA) is 6.48 Å². The Labute approximate surface area is 353 Å². The van der Waals surface area contributed by atoms with Crippen molar-refractivity contribution >= 4 is 57.2 Å². The Balaban J connectivity index is 1.37. The van der Waals surface area contributed by atoms with Crippen LogP contribution in [-0.2, 0) is 10.8 Å². The zero-order chi connectivity index (χ0) is 41.7. The van der Waals surface area contributed by atoms with Crippen molar-refractivity contribution in [2.75, 3.05) is 9.80 Å². The molecular weight excluding hydrogens is 711 g/mol. The minimum absolute atomic E-state index is 0.0276. The van der Waals surface area contributed by atoms with Crippen LogP contribution in [0.4, 0.5) is 34.1 Å². The second-order valence-electron chi connectivity index (χ2n) is 19.5. The van der Waals surface area contributed by atoms with Crippen LogP contribution in [0.3, 0.4) is 0 Å². The number of rotatable bonds is 4. The smallest absolute Gasteiger partial charge is 0.252 e. The third-order valence-electron chi connectivity index (χ3n) is 12.8. The summed E-state index contributed by atoms with van der Waals surface area (Å²) in [6.45, 7) is 27.5. The van der Waals surface area contributed by atoms with Gasteiger partial charge in [-0.2, -0.15) is 0 Å². The van der Waals surface area contributed by atoms with Gasteiger partial charge in [0.15, 0.2) is 0 Å². The molecule has 0 atom stereocenters. The van der Waals surface area contributed by atoms with E-state index in [-0.39, 0.29) is 17.5 Å². The van der Waals surface area contributed by atoms with Crippen LogP contribution in [0.2, 0.25) is 0 Å². The predicted molar refractivity (Wildman–Crippen MR) is 257 cm³/mol. The van der Waals surface area contributed by atoms with Crippen LogP contribution < -0.4 is 26.2 Å². The van der Waals surface area contributed by atoms with E-state index in [0.29, 0.717) is 0 Å². The Bertz CT molecular complexity index is 2740. The van der Waals surface area contributed by atoms with E-state index < -0.39 is 0 Å². The van der Waals surface area contributed by atoms with E-state index in [2.05, 4.69) is 220 Å². The van der Waals surface area contributed by atoms with Gasteiger partial charge in [-0.15, -0.1) is 0 Å². The molecule has 2 nitrogen and oxygen atoms in total. The number of hydrogen-bond donors (Lipinski definition) is 0. The number of para-hydroxylation sites is 1. The summed E-state index contributed by atoms with van der Waals surface area (Å²) in [5, 5.41) is 0. The minimum Gasteiger partial charge on any atom is -0.311 e. The van der Waals surface area contributed by atoms with Crippen molar-refractivity contribution in [3.05, 3.63) is 172 Å². The molecular formula is C56H57BN2. The summed E-state index contributed by atoms with van der Waals surface area (Å²) in [7, 11) is 0. The lowest BCUT2D eigenvalue weighted by atomic mass is 9.33. The van der Waals surface area contributed by atoms with Crippen molar-refractivity contribution in [3.8, 4) is 22.3 Å². The SMILES string of the molecule is Cc1cc(C)c(-c2ccc3c(c2)N(c2ccccc2)c2cccc4c2B3c2ccc(-c3c(C)cc(C)cc3C)cc2N4c2cc(C(C)(C)C)cc(C(C)(C)C)c2)c(C)c1. The zero-order valence-corrected chi connectivity index (χ0v) is 37.1. The van der Waals surface area contributed by atoms with E-state index in [1.807, 2.05) is 0 Å². The van der Waals surface area contributed by atoms with E-state index in [9.17, 15) is 0 Å². The van der Waals surface area contributed by atoms with Gasteiger partial charge in [0, 0.05) is 34.1 Å². The number of aryl methyl sites for hydroxylation is 6. The summed E-state index contributed by atoms with van der Waals surface area (Å²) in [5.74, 6) is 0. The third kappa shape index (κ3) is 6.51. The number of fused-ring (bicyclic) bond motifs is 4. The van der Waals surface area contributed by atoms with Crippen molar-refractivity contribution in [3.63, 3.8) is 0 Å². The third-order valence-corrected chi connectivity index (χ3v) is 12.8. The zero-order valence-electron chi connectivity index (χ0n) is 37.1. The summed E-state index contributed by atoms with van der Waals surface area (Å²) in [4.78, 5) is 5.12. The summed E-state index contributed by atoms with van der Waals surface area (Å²) >= 11 is 0. The molecule has 294 valence electrons. The average molecular weight is 769 g/mol. The van der Waals surface area contributed by atoms with E-state index in [1.54, 1.807) is 0 Å². The highest BCUT2D eigenvalue weighted by Gasteiger charge is 2.43. The van der Waals surface area contributed by atoms with Gasteiger partial charge in [-0.3, -0.25) is 0 Å². The fourth-order valence-electron chi connectivity index (χ4n) is 10.2. The second-order valence-corrected chi connectivity index (χ2v) is 19.5. The second kappa shape index (κ2) is 13.9. The van der Waals surface area contributed by atoms with E-state index in [4.69, 9.17) is 0 Å². The first-order chi connectivity index (χ1) is 28.0. The highest BCUT2D eigenvalue weighted by molar-refractivity contribution is 7.00. The molecule has 0 amide bonds. The summed E-state index contributed by atoms with van der Waals surface area (Å²) < 4.78 is 0. The number of benzene rings is 7. The van der Waals surface area contributed by atoms with Crippen LogP contribution >= 0.6 is 0 Å². The molecule has 0 aliphatic carbocycles. The molecule has 9 rings (SSSR count). The maximum Gasteiger partial charge on any atom is 0.252 e. The molecule has 0 spiro atoms. The Kier molecular flexibility index (Phi) is 9.12. The van der Waals surface area contributed by atoms with Gasteiger partial charge in [-0.25, -0.2) is 0 Å². The maximum atomic E-state index is 2.60. The number of nitrogens with zero attached hydrogens (tertiary/aromatic N) is 2. The summed E-state index contributed by atoms with van der Waals surface area (Å²) in [5.41, 5.74) is 27.0. The predicted octanol–water partition coefficient (Wildman–Crippen LogP) is 13.5. The highest BCUT2D eigenvalue weighted by atomic mass is 15.2. The lowest BCUT2D eigenvalue weighted by Gasteiger charge is -2.44. The van der Waals surface area contributed by atoms with Crippen LogP contribution in [0.5, 0.6) is 0 Å². The quantitative estimate of drug-likeness (QED) is 0.165. The molecule has 3 heteroatoms. The fraction of sp³-hybridized carbons (Fsp3) is 0.250. The van der Waals surface area contributed by atoms with Gasteiger partial charge in [0.25, 0.3) is 6.71 Å². The Morgan fingerprint density at radius 3 is 1.24 bits per heavy atom. The van der Waals surface area contributed by atoms with Crippen LogP contribution in [0, 0.1) is 41.5 Å². The van der Waals surface area contributed by atoms with E-state index in [0.717, 1.165) is 5.69 Å². The molecule has 0 saturated heterocycles. The normalized spacial score (nSPS) is 13.3. The first kappa shape index (κ1) is 38.7. The lowest BCUT2D eigenvalue weighted by Crippen LogP contribution is -2.61. The molecule has 0 saturated carbocycles. The molecule has 2 aliphatic rings. The van der Waals surface area contributed by atoms with Gasteiger partial charge in [0.2, 0.25) is 0 Å². The van der Waals surface area contributed by atoms with Gasteiger partial charge in [-0.1, -0.05) is 132 Å². The average Bonchev–Trinajstić information content (AvgIpc) is 3.16. The molecule has 0 N–H and O–H groups in total. The van der Waals surface area contributed by atoms with Crippen LogP contribution in [0.1, 0.15) is 86.1 Å². The first-order valence-corrected chi connectivity index (χ1v) is 21.4. The first-order valence-electron chi connectivity index (χ1n) is 21.4.